The number of nitrogens with zero attached hydrogens (tertiary/aromatic N) is 2. The van der Waals surface area contributed by atoms with E-state index in [-0.39, 0.29) is 0 Å². The van der Waals surface area contributed by atoms with Crippen LogP contribution in [0.1, 0.15) is 11.3 Å². The van der Waals surface area contributed by atoms with Crippen LogP contribution in [0.15, 0.2) is 30.7 Å². The topological polar surface area (TPSA) is 17.8 Å². The van der Waals surface area contributed by atoms with Gasteiger partial charge in [-0.1, -0.05) is 29.3 Å². The zero-order valence-electron chi connectivity index (χ0n) is 8.24. The van der Waals surface area contributed by atoms with Crippen molar-refractivity contribution in [1.82, 2.24) is 9.55 Å². The van der Waals surface area contributed by atoms with Crippen LogP contribution in [-0.2, 0) is 6.54 Å². The summed E-state index contributed by atoms with van der Waals surface area (Å²) in [6.07, 6.45) is 3.62. The molecule has 2 nitrogen and oxygen atoms in total. The van der Waals surface area contributed by atoms with E-state index < -0.39 is 0 Å². The van der Waals surface area contributed by atoms with Crippen LogP contribution in [0.25, 0.3) is 0 Å². The molecule has 4 heteroatoms. The highest BCUT2D eigenvalue weighted by atomic mass is 35.5. The molecule has 0 saturated heterocycles. The number of imidazole rings is 1. The van der Waals surface area contributed by atoms with Crippen molar-refractivity contribution in [2.45, 2.75) is 13.5 Å². The van der Waals surface area contributed by atoms with Crippen molar-refractivity contribution in [2.75, 3.05) is 0 Å². The lowest BCUT2D eigenvalue weighted by Crippen LogP contribution is -2.00. The Hall–Kier alpha value is -0.990. The summed E-state index contributed by atoms with van der Waals surface area (Å²) in [6, 6.07) is 5.53. The molecule has 0 saturated carbocycles. The van der Waals surface area contributed by atoms with E-state index in [1.807, 2.05) is 29.8 Å². The molecule has 0 spiro atoms. The minimum absolute atomic E-state index is 0.658. The Morgan fingerprint density at radius 2 is 2.13 bits per heavy atom. The molecule has 0 unspecified atom stereocenters. The van der Waals surface area contributed by atoms with Crippen LogP contribution in [0.4, 0.5) is 0 Å². The normalized spacial score (nSPS) is 10.6. The van der Waals surface area contributed by atoms with Crippen LogP contribution in [-0.4, -0.2) is 9.55 Å². The minimum atomic E-state index is 0.658. The molecule has 0 aliphatic heterocycles. The van der Waals surface area contributed by atoms with Gasteiger partial charge in [0.05, 0.1) is 12.9 Å². The SMILES string of the molecule is Cc1cncn1Cc1ccc(Cl)cc1Cl. The summed E-state index contributed by atoms with van der Waals surface area (Å²) in [5.74, 6) is 0. The minimum Gasteiger partial charge on any atom is -0.330 e. The maximum Gasteiger partial charge on any atom is 0.0951 e. The van der Waals surface area contributed by atoms with Crippen molar-refractivity contribution in [3.8, 4) is 0 Å². The van der Waals surface area contributed by atoms with E-state index in [2.05, 4.69) is 4.98 Å². The monoisotopic (exact) mass is 240 g/mol. The smallest absolute Gasteiger partial charge is 0.0951 e. The fourth-order valence-electron chi connectivity index (χ4n) is 1.39. The maximum atomic E-state index is 6.08. The second-order valence-electron chi connectivity index (χ2n) is 3.40. The van der Waals surface area contributed by atoms with Crippen LogP contribution in [0.5, 0.6) is 0 Å². The third-order valence-electron chi connectivity index (χ3n) is 2.28. The Labute approximate surface area is 98.5 Å². The maximum absolute atomic E-state index is 6.08. The molecule has 0 N–H and O–H groups in total. The lowest BCUT2D eigenvalue weighted by Gasteiger charge is -2.07. The van der Waals surface area contributed by atoms with Gasteiger partial charge in [-0.2, -0.15) is 0 Å². The number of aryl methyl sites for hydroxylation is 1. The molecule has 1 aromatic heterocycles. The molecule has 1 heterocycles. The summed E-state index contributed by atoms with van der Waals surface area (Å²) < 4.78 is 2.04. The van der Waals surface area contributed by atoms with Gasteiger partial charge in [0.15, 0.2) is 0 Å². The van der Waals surface area contributed by atoms with Crippen molar-refractivity contribution in [1.29, 1.82) is 0 Å². The summed E-state index contributed by atoms with van der Waals surface area (Å²) in [7, 11) is 0. The van der Waals surface area contributed by atoms with Crippen LogP contribution in [0, 0.1) is 6.92 Å². The number of rotatable bonds is 2. The first kappa shape index (κ1) is 10.5. The molecule has 0 fully saturated rings. The summed E-state index contributed by atoms with van der Waals surface area (Å²) >= 11 is 11.9. The molecule has 15 heavy (non-hydrogen) atoms. The number of halogens is 2. The highest BCUT2D eigenvalue weighted by Gasteiger charge is 2.03. The van der Waals surface area contributed by atoms with E-state index in [0.717, 1.165) is 17.8 Å². The number of hydrogen-bond donors (Lipinski definition) is 0. The molecule has 78 valence electrons. The third-order valence-corrected chi connectivity index (χ3v) is 2.86. The van der Waals surface area contributed by atoms with Gasteiger partial charge in [-0.05, 0) is 24.6 Å². The van der Waals surface area contributed by atoms with Crippen molar-refractivity contribution >= 4 is 23.2 Å². The molecule has 0 atom stereocenters. The first-order valence-corrected chi connectivity index (χ1v) is 5.33. The molecule has 0 aliphatic rings. The number of benzene rings is 1. The van der Waals surface area contributed by atoms with Gasteiger partial charge in [0.1, 0.15) is 0 Å². The number of hydrogen-bond acceptors (Lipinski definition) is 1. The quantitative estimate of drug-likeness (QED) is 0.786. The van der Waals surface area contributed by atoms with Gasteiger partial charge in [-0.3, -0.25) is 0 Å². The fraction of sp³-hybridized carbons (Fsp3) is 0.182. The van der Waals surface area contributed by atoms with E-state index in [4.69, 9.17) is 23.2 Å². The van der Waals surface area contributed by atoms with Crippen LogP contribution >= 0.6 is 23.2 Å². The average molecular weight is 241 g/mol. The fourth-order valence-corrected chi connectivity index (χ4v) is 1.85. The summed E-state index contributed by atoms with van der Waals surface area (Å²) in [5.41, 5.74) is 2.16. The predicted molar refractivity (Wildman–Crippen MR) is 62.5 cm³/mol. The lowest BCUT2D eigenvalue weighted by molar-refractivity contribution is 0.770. The molecule has 0 radical (unpaired) electrons. The first-order chi connectivity index (χ1) is 7.16. The molecular formula is C11H10Cl2N2. The second kappa shape index (κ2) is 4.25. The predicted octanol–water partition coefficient (Wildman–Crippen LogP) is 3.55. The van der Waals surface area contributed by atoms with Crippen LogP contribution in [0.3, 0.4) is 0 Å². The largest absolute Gasteiger partial charge is 0.330 e. The van der Waals surface area contributed by atoms with Gasteiger partial charge >= 0.3 is 0 Å². The van der Waals surface area contributed by atoms with Crippen molar-refractivity contribution in [3.63, 3.8) is 0 Å². The summed E-state index contributed by atoms with van der Waals surface area (Å²) in [5, 5.41) is 1.35. The van der Waals surface area contributed by atoms with Crippen molar-refractivity contribution in [3.05, 3.63) is 52.0 Å². The van der Waals surface area contributed by atoms with E-state index >= 15 is 0 Å². The summed E-state index contributed by atoms with van der Waals surface area (Å²) in [4.78, 5) is 4.06. The van der Waals surface area contributed by atoms with Crippen LogP contribution < -0.4 is 0 Å². The Kier molecular flexibility index (Phi) is 2.98. The van der Waals surface area contributed by atoms with E-state index in [9.17, 15) is 0 Å². The van der Waals surface area contributed by atoms with Gasteiger partial charge in [-0.25, -0.2) is 4.98 Å². The first-order valence-electron chi connectivity index (χ1n) is 4.57. The van der Waals surface area contributed by atoms with Crippen LogP contribution in [0.2, 0.25) is 10.0 Å². The van der Waals surface area contributed by atoms with Gasteiger partial charge in [0, 0.05) is 21.9 Å². The zero-order chi connectivity index (χ0) is 10.8. The zero-order valence-corrected chi connectivity index (χ0v) is 9.76. The Bertz CT molecular complexity index is 477. The molecule has 1 aromatic carbocycles. The van der Waals surface area contributed by atoms with E-state index in [1.165, 1.54) is 0 Å². The molecular weight excluding hydrogens is 231 g/mol. The molecule has 0 bridgehead atoms. The Morgan fingerprint density at radius 1 is 1.33 bits per heavy atom. The molecule has 0 amide bonds. The van der Waals surface area contributed by atoms with Gasteiger partial charge in [0.25, 0.3) is 0 Å². The summed E-state index contributed by atoms with van der Waals surface area (Å²) in [6.45, 7) is 2.73. The highest BCUT2D eigenvalue weighted by Crippen LogP contribution is 2.21. The second-order valence-corrected chi connectivity index (χ2v) is 4.24. The third kappa shape index (κ3) is 2.33. The average Bonchev–Trinajstić information content (AvgIpc) is 2.57. The molecule has 0 aliphatic carbocycles. The standard InChI is InChI=1S/C11H10Cl2N2/c1-8-5-14-7-15(8)6-9-2-3-10(12)4-11(9)13/h2-5,7H,6H2,1H3. The highest BCUT2D eigenvalue weighted by molar-refractivity contribution is 6.35. The van der Waals surface area contributed by atoms with Crippen molar-refractivity contribution in [2.24, 2.45) is 0 Å². The Balaban J connectivity index is 2.29. The number of aromatic nitrogens is 2. The van der Waals surface area contributed by atoms with Gasteiger partial charge in [-0.15, -0.1) is 0 Å². The Morgan fingerprint density at radius 3 is 2.73 bits per heavy atom. The van der Waals surface area contributed by atoms with Crippen molar-refractivity contribution < 1.29 is 0 Å². The van der Waals surface area contributed by atoms with Gasteiger partial charge < -0.3 is 4.57 Å². The molecule has 2 rings (SSSR count). The van der Waals surface area contributed by atoms with Gasteiger partial charge in [0.2, 0.25) is 0 Å². The van der Waals surface area contributed by atoms with E-state index in [0.29, 0.717) is 10.0 Å². The molecule has 2 aromatic rings. The lowest BCUT2D eigenvalue weighted by atomic mass is 10.2. The van der Waals surface area contributed by atoms with E-state index in [1.54, 1.807) is 12.4 Å².